The Morgan fingerprint density at radius 1 is 0.921 bits per heavy atom. The second-order valence-corrected chi connectivity index (χ2v) is 8.91. The van der Waals surface area contributed by atoms with Crippen LogP contribution >= 0.6 is 0 Å². The molecule has 2 aromatic carbocycles. The van der Waals surface area contributed by atoms with Gasteiger partial charge < -0.3 is 18.6 Å². The van der Waals surface area contributed by atoms with Gasteiger partial charge in [-0.1, -0.05) is 31.4 Å². The Morgan fingerprint density at radius 3 is 2.26 bits per heavy atom. The second kappa shape index (κ2) is 13.2. The first-order chi connectivity index (χ1) is 18.2. The van der Waals surface area contributed by atoms with Crippen LogP contribution in [0.1, 0.15) is 37.8 Å². The highest BCUT2D eigenvalue weighted by Gasteiger charge is 2.14. The summed E-state index contributed by atoms with van der Waals surface area (Å²) in [5.74, 6) is -0.622. The number of aryl methyl sites for hydroxylation is 2. The Morgan fingerprint density at radius 2 is 1.61 bits per heavy atom. The van der Waals surface area contributed by atoms with Crippen LogP contribution in [-0.4, -0.2) is 31.6 Å². The Balaban J connectivity index is 1.90. The molecule has 1 aromatic heterocycles. The summed E-state index contributed by atoms with van der Waals surface area (Å²) >= 11 is 0. The van der Waals surface area contributed by atoms with Crippen LogP contribution in [0.4, 0.5) is 0 Å². The summed E-state index contributed by atoms with van der Waals surface area (Å²) in [5, 5.41) is 0.736. The van der Waals surface area contributed by atoms with Gasteiger partial charge in [-0.3, -0.25) is 4.79 Å². The lowest BCUT2D eigenvalue weighted by molar-refractivity contribution is -0.139. The maximum Gasteiger partial charge on any atom is 0.344 e. The van der Waals surface area contributed by atoms with Crippen molar-refractivity contribution in [1.82, 2.24) is 0 Å². The highest BCUT2D eigenvalue weighted by molar-refractivity contribution is 5.89. The topological polar surface area (TPSA) is 109 Å². The Labute approximate surface area is 220 Å². The van der Waals surface area contributed by atoms with Gasteiger partial charge in [0.1, 0.15) is 11.3 Å². The molecule has 0 fully saturated rings. The monoisotopic (exact) mass is 518 g/mol. The summed E-state index contributed by atoms with van der Waals surface area (Å²) in [6.45, 7) is 11.2. The van der Waals surface area contributed by atoms with E-state index in [4.69, 9.17) is 18.6 Å². The molecule has 1 heterocycles. The lowest BCUT2D eigenvalue weighted by atomic mass is 9.98. The third kappa shape index (κ3) is 7.52. The highest BCUT2D eigenvalue weighted by Crippen LogP contribution is 2.27. The number of carbonyl (C=O) groups excluding carboxylic acids is 3. The fourth-order valence-corrected chi connectivity index (χ4v) is 3.76. The Hall–Kier alpha value is -4.46. The zero-order chi connectivity index (χ0) is 27.7. The van der Waals surface area contributed by atoms with Gasteiger partial charge in [0.15, 0.2) is 0 Å². The average Bonchev–Trinajstić information content (AvgIpc) is 2.89. The average molecular weight is 519 g/mol. The Bertz CT molecular complexity index is 1410. The molecule has 3 rings (SSSR count). The van der Waals surface area contributed by atoms with Crippen LogP contribution in [0.2, 0.25) is 0 Å². The van der Waals surface area contributed by atoms with E-state index in [0.717, 1.165) is 16.5 Å². The summed E-state index contributed by atoms with van der Waals surface area (Å²) in [7, 11) is 0. The first kappa shape index (κ1) is 28.1. The van der Waals surface area contributed by atoms with E-state index in [1.165, 1.54) is 0 Å². The molecule has 0 saturated heterocycles. The number of benzene rings is 2. The van der Waals surface area contributed by atoms with E-state index >= 15 is 0 Å². The molecule has 0 bridgehead atoms. The van der Waals surface area contributed by atoms with Crippen molar-refractivity contribution >= 4 is 29.4 Å². The van der Waals surface area contributed by atoms with Gasteiger partial charge in [-0.05, 0) is 80.5 Å². The molecule has 0 saturated carbocycles. The largest absolute Gasteiger partial charge is 0.468 e. The first-order valence-electron chi connectivity index (χ1n) is 12.1. The minimum absolute atomic E-state index is 0.247. The molecule has 0 amide bonds. The van der Waals surface area contributed by atoms with Gasteiger partial charge in [0.25, 0.3) is 6.47 Å². The standard InChI is InChI=1S/C30H30O8/c1-19(2)28(32)36-14-5-7-21-15-23(8-6-13-35-18-31)27-24(16-21)17-26(30(34)38-27)22-9-11-25(12-10-22)37-29(33)20(3)4/h9-12,15-18H,1,3,5-8,13-14H2,2,4H3. The van der Waals surface area contributed by atoms with E-state index < -0.39 is 17.6 Å². The lowest BCUT2D eigenvalue weighted by Crippen LogP contribution is -2.08. The van der Waals surface area contributed by atoms with Crippen molar-refractivity contribution in [2.45, 2.75) is 39.5 Å². The molecule has 198 valence electrons. The molecule has 8 nitrogen and oxygen atoms in total. The fourth-order valence-electron chi connectivity index (χ4n) is 3.76. The molecule has 0 radical (unpaired) electrons. The van der Waals surface area contributed by atoms with Crippen molar-refractivity contribution < 1.29 is 33.0 Å². The third-order valence-corrected chi connectivity index (χ3v) is 5.66. The van der Waals surface area contributed by atoms with Crippen molar-refractivity contribution in [3.63, 3.8) is 0 Å². The molecule has 0 spiro atoms. The van der Waals surface area contributed by atoms with E-state index in [0.29, 0.717) is 60.2 Å². The van der Waals surface area contributed by atoms with Gasteiger partial charge in [-0.15, -0.1) is 0 Å². The molecule has 0 atom stereocenters. The molecule has 38 heavy (non-hydrogen) atoms. The third-order valence-electron chi connectivity index (χ3n) is 5.66. The van der Waals surface area contributed by atoms with Crippen molar-refractivity contribution in [2.75, 3.05) is 13.2 Å². The molecular weight excluding hydrogens is 488 g/mol. The zero-order valence-corrected chi connectivity index (χ0v) is 21.5. The van der Waals surface area contributed by atoms with Gasteiger partial charge in [0, 0.05) is 16.5 Å². The van der Waals surface area contributed by atoms with E-state index in [2.05, 4.69) is 13.2 Å². The summed E-state index contributed by atoms with van der Waals surface area (Å²) in [6.07, 6.45) is 2.33. The van der Waals surface area contributed by atoms with Crippen molar-refractivity contribution in [3.05, 3.63) is 88.3 Å². The van der Waals surface area contributed by atoms with Crippen LogP contribution in [0.15, 0.2) is 76.0 Å². The molecule has 0 aliphatic carbocycles. The van der Waals surface area contributed by atoms with Gasteiger partial charge in [0.2, 0.25) is 0 Å². The number of hydrogen-bond donors (Lipinski definition) is 0. The SMILES string of the molecule is C=C(C)C(=O)OCCCc1cc(CCCOC=O)c2oc(=O)c(-c3ccc(OC(=O)C(=C)C)cc3)cc2c1. The minimum atomic E-state index is -0.532. The smallest absolute Gasteiger partial charge is 0.344 e. The molecule has 0 unspecified atom stereocenters. The van der Waals surface area contributed by atoms with Crippen LogP contribution in [0.25, 0.3) is 22.1 Å². The van der Waals surface area contributed by atoms with Gasteiger partial charge in [-0.2, -0.15) is 0 Å². The van der Waals surface area contributed by atoms with E-state index in [-0.39, 0.29) is 18.8 Å². The molecule has 0 aliphatic rings. The minimum Gasteiger partial charge on any atom is -0.468 e. The fraction of sp³-hybridized carbons (Fsp3) is 0.267. The molecule has 0 aliphatic heterocycles. The number of esters is 2. The zero-order valence-electron chi connectivity index (χ0n) is 21.5. The number of fused-ring (bicyclic) bond motifs is 1. The van der Waals surface area contributed by atoms with Crippen molar-refractivity contribution in [1.29, 1.82) is 0 Å². The van der Waals surface area contributed by atoms with Crippen LogP contribution in [0.5, 0.6) is 5.75 Å². The van der Waals surface area contributed by atoms with Gasteiger partial charge in [-0.25, -0.2) is 14.4 Å². The first-order valence-corrected chi connectivity index (χ1v) is 12.1. The summed E-state index contributed by atoms with van der Waals surface area (Å²) < 4.78 is 21.0. The van der Waals surface area contributed by atoms with Gasteiger partial charge in [0.05, 0.1) is 18.8 Å². The highest BCUT2D eigenvalue weighted by atomic mass is 16.5. The summed E-state index contributed by atoms with van der Waals surface area (Å²) in [4.78, 5) is 46.8. The predicted octanol–water partition coefficient (Wildman–Crippen LogP) is 5.10. The number of hydrogen-bond acceptors (Lipinski definition) is 8. The summed E-state index contributed by atoms with van der Waals surface area (Å²) in [5.41, 5.74) is 3.35. The van der Waals surface area contributed by atoms with E-state index in [9.17, 15) is 19.2 Å². The van der Waals surface area contributed by atoms with Crippen molar-refractivity contribution in [3.8, 4) is 16.9 Å². The normalized spacial score (nSPS) is 10.6. The van der Waals surface area contributed by atoms with Crippen molar-refractivity contribution in [2.24, 2.45) is 0 Å². The van der Waals surface area contributed by atoms with Crippen LogP contribution in [0.3, 0.4) is 0 Å². The van der Waals surface area contributed by atoms with Crippen LogP contribution < -0.4 is 10.4 Å². The molecule has 8 heteroatoms. The van der Waals surface area contributed by atoms with Gasteiger partial charge >= 0.3 is 17.6 Å². The maximum absolute atomic E-state index is 12.9. The van der Waals surface area contributed by atoms with Crippen LogP contribution in [0, 0.1) is 0 Å². The molecule has 3 aromatic rings. The number of carbonyl (C=O) groups is 3. The molecular formula is C30H30O8. The maximum atomic E-state index is 12.9. The quantitative estimate of drug-likeness (QED) is 0.0768. The predicted molar refractivity (Wildman–Crippen MR) is 143 cm³/mol. The molecule has 0 N–H and O–H groups in total. The Kier molecular flexibility index (Phi) is 9.76. The van der Waals surface area contributed by atoms with E-state index in [1.807, 2.05) is 12.1 Å². The second-order valence-electron chi connectivity index (χ2n) is 8.91. The van der Waals surface area contributed by atoms with Crippen LogP contribution in [-0.2, 0) is 36.7 Å². The number of ether oxygens (including phenoxy) is 3. The lowest BCUT2D eigenvalue weighted by Gasteiger charge is -2.11. The summed E-state index contributed by atoms with van der Waals surface area (Å²) in [6, 6.07) is 12.2. The van der Waals surface area contributed by atoms with E-state index in [1.54, 1.807) is 44.2 Å². The number of rotatable bonds is 13.